The lowest BCUT2D eigenvalue weighted by atomic mass is 9.85. The molecule has 0 saturated heterocycles. The second kappa shape index (κ2) is 29.1. The van der Waals surface area contributed by atoms with Gasteiger partial charge < -0.3 is 53.2 Å². The van der Waals surface area contributed by atoms with Crippen LogP contribution in [0.4, 0.5) is 0 Å². The van der Waals surface area contributed by atoms with Crippen LogP contribution in [-0.4, -0.2) is 150 Å². The molecule has 2 amide bonds. The SMILES string of the molecule is CN1Cc2c(Cl)cc(Cl)cc2C(c2cccc([S+]([O-])NCCOCCOCCNC(=O)COCC(=O)NCCOCCOCCN[S+]([O-])c3cccc(C4CN(C)Cc5c(Cl)cc(Cl)cc54)c3)c2)C1. The molecule has 21 heteroatoms. The maximum absolute atomic E-state index is 13.0. The van der Waals surface area contributed by atoms with Crippen molar-refractivity contribution in [3.8, 4) is 0 Å². The van der Waals surface area contributed by atoms with E-state index in [1.807, 2.05) is 60.7 Å². The van der Waals surface area contributed by atoms with Crippen LogP contribution in [0, 0.1) is 0 Å². The number of benzene rings is 4. The van der Waals surface area contributed by atoms with E-state index in [9.17, 15) is 18.7 Å². The van der Waals surface area contributed by atoms with Gasteiger partial charge in [0, 0.05) is 71.2 Å². The number of carbonyl (C=O) groups is 2. The average Bonchev–Trinajstić information content (AvgIpc) is 3.32. The molecule has 4 unspecified atom stereocenters. The summed E-state index contributed by atoms with van der Waals surface area (Å²) in [7, 11) is 4.11. The number of ether oxygens (including phenoxy) is 5. The molecule has 69 heavy (non-hydrogen) atoms. The van der Waals surface area contributed by atoms with E-state index in [-0.39, 0.29) is 63.2 Å². The largest absolute Gasteiger partial charge is 0.593 e. The van der Waals surface area contributed by atoms with Crippen LogP contribution >= 0.6 is 46.4 Å². The third kappa shape index (κ3) is 17.8. The molecule has 4 N–H and O–H groups in total. The van der Waals surface area contributed by atoms with Gasteiger partial charge in [-0.2, -0.15) is 0 Å². The van der Waals surface area contributed by atoms with Crippen LogP contribution in [0.1, 0.15) is 45.2 Å². The molecule has 0 radical (unpaired) electrons. The van der Waals surface area contributed by atoms with Crippen molar-refractivity contribution >= 4 is 80.9 Å². The Morgan fingerprint density at radius 1 is 0.565 bits per heavy atom. The number of nitrogens with one attached hydrogen (secondary N) is 4. The molecule has 0 saturated carbocycles. The highest BCUT2D eigenvalue weighted by molar-refractivity contribution is 7.89. The maximum atomic E-state index is 13.0. The normalized spacial score (nSPS) is 17.0. The summed E-state index contributed by atoms with van der Waals surface area (Å²) in [5.74, 6) is -0.652. The lowest BCUT2D eigenvalue weighted by Gasteiger charge is -2.33. The molecule has 2 heterocycles. The Balaban J connectivity index is 0.714. The molecule has 0 bridgehead atoms. The Hall–Kier alpha value is -2.76. The second-order valence-electron chi connectivity index (χ2n) is 16.5. The highest BCUT2D eigenvalue weighted by atomic mass is 35.5. The number of hydrogen-bond acceptors (Lipinski definition) is 13. The molecule has 0 aliphatic carbocycles. The molecular formula is C48H60Cl4N6O9S2. The quantitative estimate of drug-likeness (QED) is 0.0403. The van der Waals surface area contributed by atoms with Crippen molar-refractivity contribution in [1.82, 2.24) is 29.9 Å². The van der Waals surface area contributed by atoms with Crippen molar-refractivity contribution in [3.63, 3.8) is 0 Å². The Labute approximate surface area is 431 Å². The Morgan fingerprint density at radius 3 is 1.36 bits per heavy atom. The summed E-state index contributed by atoms with van der Waals surface area (Å²) in [5.41, 5.74) is 6.39. The van der Waals surface area contributed by atoms with Crippen LogP contribution in [-0.2, 0) is 69.1 Å². The lowest BCUT2D eigenvalue weighted by Crippen LogP contribution is -2.34. The van der Waals surface area contributed by atoms with Crippen LogP contribution in [0.5, 0.6) is 0 Å². The number of hydrogen-bond donors (Lipinski definition) is 4. The predicted octanol–water partition coefficient (Wildman–Crippen LogP) is 5.69. The summed E-state index contributed by atoms with van der Waals surface area (Å²) in [6.45, 7) is 6.33. The van der Waals surface area contributed by atoms with Gasteiger partial charge in [0.05, 0.1) is 88.7 Å². The van der Waals surface area contributed by atoms with E-state index in [0.29, 0.717) is 82.6 Å². The molecule has 6 rings (SSSR count). The highest BCUT2D eigenvalue weighted by Gasteiger charge is 2.30. The number of fused-ring (bicyclic) bond motifs is 2. The molecule has 15 nitrogen and oxygen atoms in total. The number of amides is 2. The van der Waals surface area contributed by atoms with Gasteiger partial charge in [-0.1, -0.05) is 70.7 Å². The monoisotopic (exact) mass is 1070 g/mol. The van der Waals surface area contributed by atoms with Gasteiger partial charge in [-0.15, -0.1) is 9.44 Å². The van der Waals surface area contributed by atoms with Crippen LogP contribution in [0.3, 0.4) is 0 Å². The number of likely N-dealkylation sites (N-methyl/N-ethyl adjacent to an activating group) is 2. The average molecular weight is 1070 g/mol. The van der Waals surface area contributed by atoms with Crippen molar-refractivity contribution in [2.24, 2.45) is 0 Å². The summed E-state index contributed by atoms with van der Waals surface area (Å²) in [4.78, 5) is 29.9. The lowest BCUT2D eigenvalue weighted by molar-refractivity contribution is -0.131. The summed E-state index contributed by atoms with van der Waals surface area (Å²) >= 11 is 22.9. The van der Waals surface area contributed by atoms with Gasteiger partial charge in [0.25, 0.3) is 0 Å². The molecule has 2 aliphatic heterocycles. The molecule has 4 atom stereocenters. The number of halogens is 4. The molecule has 4 aromatic carbocycles. The van der Waals surface area contributed by atoms with Gasteiger partial charge in [-0.3, -0.25) is 9.59 Å². The summed E-state index contributed by atoms with van der Waals surface area (Å²) < 4.78 is 59.5. The zero-order valence-corrected chi connectivity index (χ0v) is 43.4. The zero-order chi connectivity index (χ0) is 49.1. The summed E-state index contributed by atoms with van der Waals surface area (Å²) in [5, 5.41) is 7.85. The zero-order valence-electron chi connectivity index (χ0n) is 38.7. The number of carbonyl (C=O) groups excluding carboxylic acids is 2. The molecule has 2 aliphatic rings. The third-order valence-electron chi connectivity index (χ3n) is 11.2. The third-order valence-corrected chi connectivity index (χ3v) is 14.6. The molecule has 0 spiro atoms. The fourth-order valence-corrected chi connectivity index (χ4v) is 10.9. The van der Waals surface area contributed by atoms with Crippen molar-refractivity contribution in [2.75, 3.05) is 119 Å². The van der Waals surface area contributed by atoms with E-state index in [0.717, 1.165) is 59.6 Å². The molecule has 376 valence electrons. The molecule has 0 fully saturated rings. The van der Waals surface area contributed by atoms with Gasteiger partial charge in [0.1, 0.15) is 13.2 Å². The topological polar surface area (TPSA) is 181 Å². The first-order valence-electron chi connectivity index (χ1n) is 22.6. The Morgan fingerprint density at radius 2 is 0.957 bits per heavy atom. The van der Waals surface area contributed by atoms with Crippen LogP contribution < -0.4 is 20.1 Å². The standard InChI is InChI=1S/C48H60Cl4N6O9S2/c1-57-27-41(39-23-35(49)25-45(51)43(39)29-57)33-5-3-7-37(21-33)68(61)55-11-15-65-19-17-63-13-9-53-47(59)31-67-32-48(60)54-10-14-64-18-20-66-16-12-56-69(62)38-8-4-6-34(22-38)42-28-58(2)30-44-40(42)24-36(50)26-46(44)52/h3-8,21-26,41-42,55-56H,9-20,27-32H2,1-2H3,(H,53,59)(H,54,60). The molecule has 4 aromatic rings. The first kappa shape index (κ1) is 55.6. The van der Waals surface area contributed by atoms with Crippen molar-refractivity contribution in [1.29, 1.82) is 0 Å². The molecular weight excluding hydrogens is 1010 g/mol. The smallest absolute Gasteiger partial charge is 0.246 e. The fraction of sp³-hybridized carbons (Fsp3) is 0.458. The summed E-state index contributed by atoms with van der Waals surface area (Å²) in [6.07, 6.45) is 0. The highest BCUT2D eigenvalue weighted by Crippen LogP contribution is 2.40. The van der Waals surface area contributed by atoms with Crippen molar-refractivity contribution in [3.05, 3.63) is 126 Å². The van der Waals surface area contributed by atoms with Gasteiger partial charge in [-0.25, -0.2) is 0 Å². The van der Waals surface area contributed by atoms with Gasteiger partial charge in [0.15, 0.2) is 9.79 Å². The fourth-order valence-electron chi connectivity index (χ4n) is 8.04. The minimum Gasteiger partial charge on any atom is -0.593 e. The van der Waals surface area contributed by atoms with E-state index in [2.05, 4.69) is 44.0 Å². The Kier molecular flexibility index (Phi) is 23.4. The molecule has 0 aromatic heterocycles. The van der Waals surface area contributed by atoms with Gasteiger partial charge >= 0.3 is 0 Å². The van der Waals surface area contributed by atoms with Crippen LogP contribution in [0.2, 0.25) is 20.1 Å². The van der Waals surface area contributed by atoms with Crippen LogP contribution in [0.25, 0.3) is 0 Å². The van der Waals surface area contributed by atoms with E-state index >= 15 is 0 Å². The number of rotatable bonds is 28. The second-order valence-corrected chi connectivity index (χ2v) is 20.8. The first-order chi connectivity index (χ1) is 33.4. The summed E-state index contributed by atoms with van der Waals surface area (Å²) in [6, 6.07) is 23.0. The van der Waals surface area contributed by atoms with Crippen molar-refractivity contribution in [2.45, 2.75) is 34.7 Å². The van der Waals surface area contributed by atoms with Gasteiger partial charge in [0.2, 0.25) is 11.8 Å². The van der Waals surface area contributed by atoms with E-state index in [1.165, 1.54) is 0 Å². The number of nitrogens with zero attached hydrogens (tertiary/aromatic N) is 2. The minimum absolute atomic E-state index is 0.0469. The van der Waals surface area contributed by atoms with E-state index in [4.69, 9.17) is 70.1 Å². The first-order valence-corrected chi connectivity index (χ1v) is 26.4. The van der Waals surface area contributed by atoms with Crippen molar-refractivity contribution < 1.29 is 42.4 Å². The van der Waals surface area contributed by atoms with E-state index in [1.54, 1.807) is 12.1 Å². The Bertz CT molecular complexity index is 2140. The van der Waals surface area contributed by atoms with Gasteiger partial charge in [-0.05, 0) is 96.0 Å². The minimum atomic E-state index is -1.43. The van der Waals surface area contributed by atoms with Crippen LogP contribution in [0.15, 0.2) is 82.6 Å². The predicted molar refractivity (Wildman–Crippen MR) is 271 cm³/mol. The maximum Gasteiger partial charge on any atom is 0.246 e. The van der Waals surface area contributed by atoms with E-state index < -0.39 is 22.7 Å².